The van der Waals surface area contributed by atoms with Gasteiger partial charge in [0.1, 0.15) is 5.75 Å². The van der Waals surface area contributed by atoms with Crippen LogP contribution in [0.5, 0.6) is 5.75 Å². The maximum absolute atomic E-state index is 13.2. The molecule has 0 aliphatic carbocycles. The Morgan fingerprint density at radius 1 is 1.03 bits per heavy atom. The van der Waals surface area contributed by atoms with Crippen LogP contribution in [-0.2, 0) is 9.53 Å². The van der Waals surface area contributed by atoms with Gasteiger partial charge in [-0.2, -0.15) is 0 Å². The average molecular weight is 464 g/mol. The molecule has 1 aliphatic rings. The third-order valence-corrected chi connectivity index (χ3v) is 6.09. The van der Waals surface area contributed by atoms with E-state index in [9.17, 15) is 24.6 Å². The molecule has 0 saturated heterocycles. The predicted molar refractivity (Wildman–Crippen MR) is 124 cm³/mol. The lowest BCUT2D eigenvalue weighted by molar-refractivity contribution is -0.117. The van der Waals surface area contributed by atoms with E-state index in [1.165, 1.54) is 40.5 Å². The molecule has 2 N–H and O–H groups in total. The van der Waals surface area contributed by atoms with Crippen molar-refractivity contribution in [3.63, 3.8) is 0 Å². The fraction of sp³-hybridized carbons (Fsp3) is 0.160. The van der Waals surface area contributed by atoms with Gasteiger partial charge in [0.05, 0.1) is 28.7 Å². The molecule has 0 bridgehead atoms. The molecule has 1 unspecified atom stereocenters. The van der Waals surface area contributed by atoms with E-state index in [2.05, 4.69) is 0 Å². The van der Waals surface area contributed by atoms with Crippen LogP contribution in [0, 0.1) is 0 Å². The highest BCUT2D eigenvalue weighted by Gasteiger charge is 2.44. The molecule has 2 heterocycles. The number of carbonyl (C=O) groups is 3. The minimum absolute atomic E-state index is 0.0314. The average Bonchev–Trinajstić information content (AvgIpc) is 3.45. The van der Waals surface area contributed by atoms with E-state index in [-0.39, 0.29) is 11.3 Å². The van der Waals surface area contributed by atoms with Crippen LogP contribution in [0.15, 0.2) is 77.4 Å². The number of aliphatic hydroxyl groups is 1. The van der Waals surface area contributed by atoms with Gasteiger partial charge in [-0.15, -0.1) is 11.3 Å². The number of hydrogen-bond acceptors (Lipinski definition) is 7. The number of Topliss-reactive ketones (excluding diaryl/α,β-unsaturated/α-hetero) is 1. The van der Waals surface area contributed by atoms with Crippen molar-refractivity contribution in [2.75, 3.05) is 11.5 Å². The molecule has 168 valence electrons. The molecular formula is C25H21NO6S. The molecule has 1 atom stereocenters. The number of thiophene rings is 1. The summed E-state index contributed by atoms with van der Waals surface area (Å²) in [6, 6.07) is 14.7. The van der Waals surface area contributed by atoms with E-state index in [1.807, 2.05) is 6.92 Å². The van der Waals surface area contributed by atoms with Crippen molar-refractivity contribution < 1.29 is 29.3 Å². The third kappa shape index (κ3) is 4.25. The number of phenols is 1. The number of amides is 1. The molecule has 0 saturated carbocycles. The van der Waals surface area contributed by atoms with Crippen LogP contribution in [0.25, 0.3) is 0 Å². The van der Waals surface area contributed by atoms with Crippen molar-refractivity contribution in [3.8, 4) is 5.75 Å². The van der Waals surface area contributed by atoms with Gasteiger partial charge in [-0.1, -0.05) is 25.1 Å². The number of rotatable bonds is 7. The second-order valence-corrected chi connectivity index (χ2v) is 8.37. The maximum atomic E-state index is 13.2. The summed E-state index contributed by atoms with van der Waals surface area (Å²) in [5.41, 5.74) is 1.22. The van der Waals surface area contributed by atoms with E-state index >= 15 is 0 Å². The van der Waals surface area contributed by atoms with Gasteiger partial charge in [0.2, 0.25) is 5.78 Å². The first-order valence-electron chi connectivity index (χ1n) is 10.3. The van der Waals surface area contributed by atoms with Crippen molar-refractivity contribution in [3.05, 3.63) is 93.4 Å². The third-order valence-electron chi connectivity index (χ3n) is 5.23. The quantitative estimate of drug-likeness (QED) is 0.385. The minimum Gasteiger partial charge on any atom is -0.508 e. The zero-order chi connectivity index (χ0) is 23.5. The first-order chi connectivity index (χ1) is 15.9. The summed E-state index contributed by atoms with van der Waals surface area (Å²) in [6.07, 6.45) is 0.701. The Labute approximate surface area is 194 Å². The molecule has 0 spiro atoms. The van der Waals surface area contributed by atoms with Crippen LogP contribution >= 0.6 is 11.3 Å². The Kier molecular flexibility index (Phi) is 6.28. The van der Waals surface area contributed by atoms with E-state index in [1.54, 1.807) is 41.8 Å². The van der Waals surface area contributed by atoms with Crippen LogP contribution in [0.3, 0.4) is 0 Å². The van der Waals surface area contributed by atoms with Crippen LogP contribution < -0.4 is 4.90 Å². The Bertz CT molecular complexity index is 1210. The lowest BCUT2D eigenvalue weighted by Gasteiger charge is -2.27. The Hall–Kier alpha value is -3.91. The Balaban J connectivity index is 1.75. The standard InChI is InChI=1S/C25H21NO6S/c1-2-13-32-25(31)16-5-9-17(10-6-16)26-21(15-7-11-18(27)12-8-15)20(23(29)24(26)30)22(28)19-4-3-14-33-19/h3-12,14,21,27,29H,2,13H2,1H3. The summed E-state index contributed by atoms with van der Waals surface area (Å²) >= 11 is 1.21. The van der Waals surface area contributed by atoms with E-state index < -0.39 is 29.5 Å². The Morgan fingerprint density at radius 3 is 2.33 bits per heavy atom. The van der Waals surface area contributed by atoms with Gasteiger partial charge in [0.15, 0.2) is 5.76 Å². The van der Waals surface area contributed by atoms with Gasteiger partial charge in [0, 0.05) is 5.69 Å². The van der Waals surface area contributed by atoms with Crippen molar-refractivity contribution >= 4 is 34.7 Å². The number of hydrogen-bond donors (Lipinski definition) is 2. The molecule has 0 fully saturated rings. The number of anilines is 1. The summed E-state index contributed by atoms with van der Waals surface area (Å²) in [7, 11) is 0. The molecule has 2 aromatic carbocycles. The second-order valence-electron chi connectivity index (χ2n) is 7.42. The van der Waals surface area contributed by atoms with Gasteiger partial charge in [-0.25, -0.2) is 4.79 Å². The molecule has 8 heteroatoms. The van der Waals surface area contributed by atoms with Gasteiger partial charge < -0.3 is 14.9 Å². The highest BCUT2D eigenvalue weighted by atomic mass is 32.1. The number of nitrogens with zero attached hydrogens (tertiary/aromatic N) is 1. The number of ether oxygens (including phenoxy) is 1. The van der Waals surface area contributed by atoms with Gasteiger partial charge >= 0.3 is 5.97 Å². The molecule has 33 heavy (non-hydrogen) atoms. The van der Waals surface area contributed by atoms with Crippen molar-refractivity contribution in [1.82, 2.24) is 0 Å². The summed E-state index contributed by atoms with van der Waals surface area (Å²) in [6.45, 7) is 2.20. The number of carbonyl (C=O) groups excluding carboxylic acids is 3. The van der Waals surface area contributed by atoms with Crippen LogP contribution in [0.2, 0.25) is 0 Å². The number of phenolic OH excluding ortho intramolecular Hbond substituents is 1. The fourth-order valence-electron chi connectivity index (χ4n) is 3.65. The van der Waals surface area contributed by atoms with E-state index in [4.69, 9.17) is 4.74 Å². The predicted octanol–water partition coefficient (Wildman–Crippen LogP) is 4.80. The SMILES string of the molecule is CCCOC(=O)c1ccc(N2C(=O)C(O)=C(C(=O)c3cccs3)C2c2ccc(O)cc2)cc1. The summed E-state index contributed by atoms with van der Waals surface area (Å²) < 4.78 is 5.14. The number of esters is 1. The number of benzene rings is 2. The molecule has 1 aliphatic heterocycles. The second kappa shape index (κ2) is 9.30. The smallest absolute Gasteiger partial charge is 0.338 e. The molecular weight excluding hydrogens is 442 g/mol. The van der Waals surface area contributed by atoms with Crippen LogP contribution in [0.4, 0.5) is 5.69 Å². The van der Waals surface area contributed by atoms with E-state index in [0.29, 0.717) is 34.7 Å². The summed E-state index contributed by atoms with van der Waals surface area (Å²) in [4.78, 5) is 40.2. The molecule has 7 nitrogen and oxygen atoms in total. The van der Waals surface area contributed by atoms with Crippen LogP contribution in [-0.4, -0.2) is 34.5 Å². The van der Waals surface area contributed by atoms with Crippen molar-refractivity contribution in [1.29, 1.82) is 0 Å². The van der Waals surface area contributed by atoms with Crippen molar-refractivity contribution in [2.45, 2.75) is 19.4 Å². The fourth-order valence-corrected chi connectivity index (χ4v) is 4.33. The zero-order valence-corrected chi connectivity index (χ0v) is 18.5. The minimum atomic E-state index is -0.911. The molecule has 1 amide bonds. The largest absolute Gasteiger partial charge is 0.508 e. The first kappa shape index (κ1) is 22.3. The molecule has 3 aromatic rings. The van der Waals surface area contributed by atoms with Gasteiger partial charge in [-0.05, 0) is 59.8 Å². The number of aromatic hydroxyl groups is 1. The van der Waals surface area contributed by atoms with E-state index in [0.717, 1.165) is 0 Å². The maximum Gasteiger partial charge on any atom is 0.338 e. The summed E-state index contributed by atoms with van der Waals surface area (Å²) in [5.74, 6) is -2.24. The van der Waals surface area contributed by atoms with Gasteiger partial charge in [0.25, 0.3) is 5.91 Å². The summed E-state index contributed by atoms with van der Waals surface area (Å²) in [5, 5.41) is 22.2. The lowest BCUT2D eigenvalue weighted by atomic mass is 9.95. The molecule has 4 rings (SSSR count). The first-order valence-corrected chi connectivity index (χ1v) is 11.2. The normalized spacial score (nSPS) is 15.7. The molecule has 1 aromatic heterocycles. The van der Waals surface area contributed by atoms with Crippen molar-refractivity contribution in [2.24, 2.45) is 0 Å². The topological polar surface area (TPSA) is 104 Å². The van der Waals surface area contributed by atoms with Crippen LogP contribution in [0.1, 0.15) is 45.0 Å². The lowest BCUT2D eigenvalue weighted by Crippen LogP contribution is -2.31. The molecule has 0 radical (unpaired) electrons. The Morgan fingerprint density at radius 2 is 1.73 bits per heavy atom. The van der Waals surface area contributed by atoms with Gasteiger partial charge in [-0.3, -0.25) is 14.5 Å². The number of ketones is 1. The highest BCUT2D eigenvalue weighted by molar-refractivity contribution is 7.12. The zero-order valence-electron chi connectivity index (χ0n) is 17.7. The monoisotopic (exact) mass is 463 g/mol. The highest BCUT2D eigenvalue weighted by Crippen LogP contribution is 2.42. The number of aliphatic hydroxyl groups excluding tert-OH is 1.